The maximum Gasteiger partial charge on any atom is 0.252 e. The molecule has 0 atom stereocenters. The number of rotatable bonds is 4. The molecule has 2 aromatic heterocycles. The maximum atomic E-state index is 13.5. The van der Waals surface area contributed by atoms with Crippen molar-refractivity contribution in [1.29, 1.82) is 5.26 Å². The lowest BCUT2D eigenvalue weighted by molar-refractivity contribution is 0.0967. The number of hydrogen-bond acceptors (Lipinski definition) is 4. The van der Waals surface area contributed by atoms with Crippen LogP contribution in [0.4, 0.5) is 4.39 Å². The molecule has 3 rings (SSSR count). The first kappa shape index (κ1) is 15.6. The number of ketones is 1. The van der Waals surface area contributed by atoms with E-state index in [0.29, 0.717) is 11.3 Å². The molecule has 0 radical (unpaired) electrons. The van der Waals surface area contributed by atoms with Crippen molar-refractivity contribution in [3.8, 4) is 11.8 Å². The van der Waals surface area contributed by atoms with E-state index in [-0.39, 0.29) is 24.0 Å². The minimum Gasteiger partial charge on any atom is -0.318 e. The van der Waals surface area contributed by atoms with E-state index in [0.717, 1.165) is 11.4 Å². The summed E-state index contributed by atoms with van der Waals surface area (Å²) in [6.07, 6.45) is 1.35. The molecule has 3 aromatic rings. The summed E-state index contributed by atoms with van der Waals surface area (Å²) in [4.78, 5) is 16.3. The smallest absolute Gasteiger partial charge is 0.252 e. The minimum atomic E-state index is -0.334. The molecule has 24 heavy (non-hydrogen) atoms. The summed E-state index contributed by atoms with van der Waals surface area (Å²) in [5, 5.41) is 12.6. The van der Waals surface area contributed by atoms with Gasteiger partial charge in [-0.05, 0) is 38.1 Å². The lowest BCUT2D eigenvalue weighted by Gasteiger charge is -2.10. The van der Waals surface area contributed by atoms with E-state index in [1.54, 1.807) is 18.2 Å². The van der Waals surface area contributed by atoms with Crippen LogP contribution in [-0.2, 0) is 6.54 Å². The molecule has 120 valence electrons. The van der Waals surface area contributed by atoms with Crippen LogP contribution >= 0.6 is 0 Å². The van der Waals surface area contributed by atoms with Crippen LogP contribution in [0.2, 0.25) is 0 Å². The van der Waals surface area contributed by atoms with Crippen molar-refractivity contribution < 1.29 is 9.18 Å². The summed E-state index contributed by atoms with van der Waals surface area (Å²) in [6.45, 7) is 3.66. The molecule has 0 aliphatic rings. The second-order valence-corrected chi connectivity index (χ2v) is 5.40. The molecule has 0 unspecified atom stereocenters. The zero-order chi connectivity index (χ0) is 17.3. The number of aromatic nitrogens is 4. The zero-order valence-electron chi connectivity index (χ0n) is 13.2. The predicted octanol–water partition coefficient (Wildman–Crippen LogP) is 2.58. The van der Waals surface area contributed by atoms with Gasteiger partial charge in [-0.25, -0.2) is 14.1 Å². The Bertz CT molecular complexity index is 964. The standard InChI is InChI=1S/C17H14FN5O/c1-11-6-15(16(24)9-22-10-20-17(8-19)21-22)12(2)23(11)14-5-3-4-13(18)7-14/h3-7,10H,9H2,1-2H3. The summed E-state index contributed by atoms with van der Waals surface area (Å²) in [5.74, 6) is -0.465. The summed E-state index contributed by atoms with van der Waals surface area (Å²) < 4.78 is 16.6. The molecule has 0 aliphatic carbocycles. The van der Waals surface area contributed by atoms with Gasteiger partial charge in [-0.15, -0.1) is 5.10 Å². The normalized spacial score (nSPS) is 10.6. The molecule has 0 saturated carbocycles. The van der Waals surface area contributed by atoms with Gasteiger partial charge in [0.1, 0.15) is 24.8 Å². The van der Waals surface area contributed by atoms with Gasteiger partial charge in [-0.1, -0.05) is 6.07 Å². The van der Waals surface area contributed by atoms with Gasteiger partial charge in [-0.2, -0.15) is 5.26 Å². The Labute approximate surface area is 137 Å². The second kappa shape index (κ2) is 6.08. The molecule has 7 heteroatoms. The van der Waals surface area contributed by atoms with Crippen LogP contribution in [0.5, 0.6) is 0 Å². The van der Waals surface area contributed by atoms with Gasteiger partial charge in [0.25, 0.3) is 5.82 Å². The molecular weight excluding hydrogens is 309 g/mol. The van der Waals surface area contributed by atoms with Gasteiger partial charge in [0.2, 0.25) is 0 Å². The van der Waals surface area contributed by atoms with Gasteiger partial charge >= 0.3 is 0 Å². The highest BCUT2D eigenvalue weighted by Gasteiger charge is 2.17. The number of benzene rings is 1. The maximum absolute atomic E-state index is 13.5. The van der Waals surface area contributed by atoms with Crippen molar-refractivity contribution >= 4 is 5.78 Å². The highest BCUT2D eigenvalue weighted by molar-refractivity contribution is 5.97. The molecule has 0 spiro atoms. The van der Waals surface area contributed by atoms with Gasteiger partial charge < -0.3 is 4.57 Å². The van der Waals surface area contributed by atoms with Gasteiger partial charge in [0.15, 0.2) is 5.78 Å². The SMILES string of the molecule is Cc1cc(C(=O)Cn2cnc(C#N)n2)c(C)n1-c1cccc(F)c1. The topological polar surface area (TPSA) is 76.5 Å². The van der Waals surface area contributed by atoms with Crippen molar-refractivity contribution in [2.75, 3.05) is 0 Å². The van der Waals surface area contributed by atoms with Crippen molar-refractivity contribution in [2.24, 2.45) is 0 Å². The highest BCUT2D eigenvalue weighted by atomic mass is 19.1. The number of carbonyl (C=O) groups excluding carboxylic acids is 1. The van der Waals surface area contributed by atoms with Crippen molar-refractivity contribution in [3.05, 3.63) is 65.3 Å². The Morgan fingerprint density at radius 1 is 1.33 bits per heavy atom. The summed E-state index contributed by atoms with van der Waals surface area (Å²) in [7, 11) is 0. The number of carbonyl (C=O) groups is 1. The molecule has 6 nitrogen and oxygen atoms in total. The van der Waals surface area contributed by atoms with E-state index in [1.807, 2.05) is 24.5 Å². The van der Waals surface area contributed by atoms with Crippen LogP contribution in [0.3, 0.4) is 0 Å². The first-order chi connectivity index (χ1) is 11.5. The average molecular weight is 323 g/mol. The summed E-state index contributed by atoms with van der Waals surface area (Å²) in [5.41, 5.74) is 2.75. The Morgan fingerprint density at radius 3 is 2.79 bits per heavy atom. The van der Waals surface area contributed by atoms with Crippen molar-refractivity contribution in [3.63, 3.8) is 0 Å². The Morgan fingerprint density at radius 2 is 2.12 bits per heavy atom. The van der Waals surface area contributed by atoms with Crippen LogP contribution in [0, 0.1) is 31.0 Å². The van der Waals surface area contributed by atoms with E-state index in [1.165, 1.54) is 23.1 Å². The third-order valence-corrected chi connectivity index (χ3v) is 3.74. The van der Waals surface area contributed by atoms with Gasteiger partial charge in [0, 0.05) is 22.6 Å². The van der Waals surface area contributed by atoms with E-state index < -0.39 is 0 Å². The number of hydrogen-bond donors (Lipinski definition) is 0. The van der Waals surface area contributed by atoms with Gasteiger partial charge in [-0.3, -0.25) is 4.79 Å². The second-order valence-electron chi connectivity index (χ2n) is 5.40. The fourth-order valence-corrected chi connectivity index (χ4v) is 2.71. The van der Waals surface area contributed by atoms with Crippen LogP contribution in [0.1, 0.15) is 27.6 Å². The quantitative estimate of drug-likeness (QED) is 0.692. The molecule has 0 N–H and O–H groups in total. The van der Waals surface area contributed by atoms with Crippen LogP contribution in [0.25, 0.3) is 5.69 Å². The zero-order valence-corrected chi connectivity index (χ0v) is 13.2. The van der Waals surface area contributed by atoms with Crippen LogP contribution in [-0.4, -0.2) is 25.1 Å². The third-order valence-electron chi connectivity index (χ3n) is 3.74. The number of halogens is 1. The largest absolute Gasteiger partial charge is 0.318 e. The molecule has 0 fully saturated rings. The van der Waals surface area contributed by atoms with Crippen LogP contribution in [0.15, 0.2) is 36.7 Å². The lowest BCUT2D eigenvalue weighted by Crippen LogP contribution is -2.12. The molecule has 0 saturated heterocycles. The fourth-order valence-electron chi connectivity index (χ4n) is 2.71. The van der Waals surface area contributed by atoms with Crippen LogP contribution < -0.4 is 0 Å². The fraction of sp³-hybridized carbons (Fsp3) is 0.176. The minimum absolute atomic E-state index is 0.0118. The molecule has 0 aliphatic heterocycles. The Balaban J connectivity index is 1.93. The number of aryl methyl sites for hydroxylation is 1. The van der Waals surface area contributed by atoms with E-state index in [9.17, 15) is 9.18 Å². The lowest BCUT2D eigenvalue weighted by atomic mass is 10.1. The third kappa shape index (κ3) is 2.82. The molecule has 1 aromatic carbocycles. The summed E-state index contributed by atoms with van der Waals surface area (Å²) in [6, 6.07) is 9.80. The predicted molar refractivity (Wildman–Crippen MR) is 84.3 cm³/mol. The van der Waals surface area contributed by atoms with Gasteiger partial charge in [0.05, 0.1) is 0 Å². The van der Waals surface area contributed by atoms with E-state index in [2.05, 4.69) is 10.1 Å². The summed E-state index contributed by atoms with van der Waals surface area (Å²) >= 11 is 0. The molecule has 0 amide bonds. The highest BCUT2D eigenvalue weighted by Crippen LogP contribution is 2.22. The average Bonchev–Trinajstić information content (AvgIpc) is 3.11. The van der Waals surface area contributed by atoms with Crippen molar-refractivity contribution in [1.82, 2.24) is 19.3 Å². The number of Topliss-reactive ketones (excluding diaryl/α,β-unsaturated/α-hetero) is 1. The first-order valence-electron chi connectivity index (χ1n) is 7.27. The van der Waals surface area contributed by atoms with E-state index in [4.69, 9.17) is 5.26 Å². The Hall–Kier alpha value is -3.27. The van der Waals surface area contributed by atoms with E-state index >= 15 is 0 Å². The monoisotopic (exact) mass is 323 g/mol. The number of nitrogens with zero attached hydrogens (tertiary/aromatic N) is 5. The Kier molecular flexibility index (Phi) is 3.96. The molecule has 2 heterocycles. The first-order valence-corrected chi connectivity index (χ1v) is 7.27. The van der Waals surface area contributed by atoms with Crippen molar-refractivity contribution in [2.45, 2.75) is 20.4 Å². The number of nitriles is 1. The molecular formula is C17H14FN5O. The molecule has 0 bridgehead atoms.